The van der Waals surface area contributed by atoms with Gasteiger partial charge in [-0.25, -0.2) is 4.98 Å². The van der Waals surface area contributed by atoms with Gasteiger partial charge in [-0.15, -0.1) is 0 Å². The van der Waals surface area contributed by atoms with Gasteiger partial charge in [-0.1, -0.05) is 23.4 Å². The van der Waals surface area contributed by atoms with Crippen LogP contribution >= 0.6 is 23.4 Å². The highest BCUT2D eigenvalue weighted by atomic mass is 35.5. The Hall–Kier alpha value is -2.23. The third kappa shape index (κ3) is 5.38. The molecule has 2 aromatic rings. The van der Waals surface area contributed by atoms with Crippen LogP contribution in [0.25, 0.3) is 0 Å². The van der Waals surface area contributed by atoms with Crippen LogP contribution in [0.15, 0.2) is 22.1 Å². The van der Waals surface area contributed by atoms with Gasteiger partial charge in [0, 0.05) is 30.4 Å². The number of aliphatic hydroxyl groups excluding tert-OH is 1. The minimum atomic E-state index is -0.320. The number of aliphatic hydroxyl groups is 1. The van der Waals surface area contributed by atoms with Crippen molar-refractivity contribution in [2.24, 2.45) is 0 Å². The molecule has 1 heterocycles. The minimum Gasteiger partial charge on any atom is -0.495 e. The molecular weight excluding hydrogens is 394 g/mol. The average molecular weight is 414 g/mol. The van der Waals surface area contributed by atoms with Gasteiger partial charge in [0.15, 0.2) is 5.16 Å². The summed E-state index contributed by atoms with van der Waals surface area (Å²) in [6, 6.07) is 3.11. The van der Waals surface area contributed by atoms with Gasteiger partial charge in [0.25, 0.3) is 5.56 Å². The van der Waals surface area contributed by atoms with Gasteiger partial charge < -0.3 is 24.9 Å². The number of nitrogens with one attached hydrogen (secondary N) is 2. The Morgan fingerprint density at radius 3 is 2.63 bits per heavy atom. The van der Waals surface area contributed by atoms with E-state index in [0.717, 1.165) is 11.8 Å². The van der Waals surface area contributed by atoms with Gasteiger partial charge in [0.2, 0.25) is 5.91 Å². The Bertz CT molecular complexity index is 888. The summed E-state index contributed by atoms with van der Waals surface area (Å²) in [5, 5.41) is 12.4. The molecule has 27 heavy (non-hydrogen) atoms. The van der Waals surface area contributed by atoms with E-state index in [1.165, 1.54) is 20.3 Å². The molecule has 0 fully saturated rings. The van der Waals surface area contributed by atoms with E-state index in [-0.39, 0.29) is 30.2 Å². The molecule has 10 heteroatoms. The van der Waals surface area contributed by atoms with E-state index in [9.17, 15) is 9.59 Å². The number of thioether (sulfide) groups is 1. The van der Waals surface area contributed by atoms with Crippen LogP contribution in [0.1, 0.15) is 11.3 Å². The van der Waals surface area contributed by atoms with E-state index < -0.39 is 0 Å². The van der Waals surface area contributed by atoms with Crippen LogP contribution in [-0.4, -0.2) is 47.6 Å². The maximum Gasteiger partial charge on any atom is 0.255 e. The summed E-state index contributed by atoms with van der Waals surface area (Å²) in [5.41, 5.74) is 1.05. The van der Waals surface area contributed by atoms with Crippen molar-refractivity contribution >= 4 is 35.0 Å². The Balaban J connectivity index is 2.07. The molecule has 8 nitrogen and oxygen atoms in total. The first-order valence-electron chi connectivity index (χ1n) is 7.94. The predicted molar refractivity (Wildman–Crippen MR) is 104 cm³/mol. The molecule has 0 unspecified atom stereocenters. The molecule has 0 saturated heterocycles. The van der Waals surface area contributed by atoms with Gasteiger partial charge in [0.05, 0.1) is 30.7 Å². The molecule has 2 rings (SSSR count). The number of anilines is 1. The second kappa shape index (κ2) is 9.63. The Morgan fingerprint density at radius 1 is 1.33 bits per heavy atom. The van der Waals surface area contributed by atoms with Crippen molar-refractivity contribution in [3.8, 4) is 11.5 Å². The van der Waals surface area contributed by atoms with Crippen molar-refractivity contribution in [2.45, 2.75) is 18.5 Å². The first-order chi connectivity index (χ1) is 12.9. The number of ether oxygens (including phenoxy) is 2. The molecule has 0 bridgehead atoms. The Morgan fingerprint density at radius 2 is 2.04 bits per heavy atom. The zero-order valence-corrected chi connectivity index (χ0v) is 16.7. The van der Waals surface area contributed by atoms with Crippen LogP contribution in [0, 0.1) is 6.92 Å². The van der Waals surface area contributed by atoms with Gasteiger partial charge in [0.1, 0.15) is 11.5 Å². The van der Waals surface area contributed by atoms with Crippen LogP contribution < -0.4 is 20.3 Å². The van der Waals surface area contributed by atoms with Crippen molar-refractivity contribution < 1.29 is 19.4 Å². The summed E-state index contributed by atoms with van der Waals surface area (Å²) >= 11 is 7.17. The van der Waals surface area contributed by atoms with Crippen molar-refractivity contribution in [2.75, 3.05) is 31.9 Å². The molecule has 3 N–H and O–H groups in total. The number of hydrogen-bond acceptors (Lipinski definition) is 7. The number of aromatic amines is 1. The molecule has 1 aromatic heterocycles. The molecule has 0 aliphatic heterocycles. The second-order valence-electron chi connectivity index (χ2n) is 5.43. The quantitative estimate of drug-likeness (QED) is 0.448. The maximum absolute atomic E-state index is 12.2. The van der Waals surface area contributed by atoms with E-state index in [4.69, 9.17) is 26.2 Å². The highest BCUT2D eigenvalue weighted by Crippen LogP contribution is 2.35. The Kier molecular flexibility index (Phi) is 7.52. The van der Waals surface area contributed by atoms with Crippen LogP contribution in [0.5, 0.6) is 11.5 Å². The molecule has 1 aromatic carbocycles. The van der Waals surface area contributed by atoms with Gasteiger partial charge in [-0.05, 0) is 13.0 Å². The number of hydrogen-bond donors (Lipinski definition) is 3. The molecular formula is C17H20ClN3O5S. The van der Waals surface area contributed by atoms with E-state index in [1.54, 1.807) is 13.0 Å². The monoisotopic (exact) mass is 413 g/mol. The fourth-order valence-electron chi connectivity index (χ4n) is 2.34. The normalized spacial score (nSPS) is 10.6. The van der Waals surface area contributed by atoms with Gasteiger partial charge in [-0.2, -0.15) is 0 Å². The smallest absolute Gasteiger partial charge is 0.255 e. The van der Waals surface area contributed by atoms with Crippen LogP contribution in [0.4, 0.5) is 5.69 Å². The van der Waals surface area contributed by atoms with E-state index in [1.807, 2.05) is 0 Å². The Labute approximate surface area is 165 Å². The van der Waals surface area contributed by atoms with Gasteiger partial charge in [-0.3, -0.25) is 9.59 Å². The molecule has 0 atom stereocenters. The first kappa shape index (κ1) is 21.1. The fraction of sp³-hybridized carbons (Fsp3) is 0.353. The lowest BCUT2D eigenvalue weighted by Crippen LogP contribution is -2.19. The van der Waals surface area contributed by atoms with Gasteiger partial charge >= 0.3 is 0 Å². The summed E-state index contributed by atoms with van der Waals surface area (Å²) in [5.74, 6) is 0.542. The molecule has 146 valence electrons. The predicted octanol–water partition coefficient (Wildman–Crippen LogP) is 2.01. The fourth-order valence-corrected chi connectivity index (χ4v) is 3.28. The minimum absolute atomic E-state index is 0.0224. The van der Waals surface area contributed by atoms with Crippen molar-refractivity contribution in [1.82, 2.24) is 9.97 Å². The summed E-state index contributed by atoms with van der Waals surface area (Å²) in [4.78, 5) is 31.1. The van der Waals surface area contributed by atoms with Crippen molar-refractivity contribution in [3.63, 3.8) is 0 Å². The number of rotatable bonds is 8. The van der Waals surface area contributed by atoms with E-state index in [2.05, 4.69) is 15.3 Å². The largest absolute Gasteiger partial charge is 0.495 e. The molecule has 0 saturated carbocycles. The summed E-state index contributed by atoms with van der Waals surface area (Å²) in [6.45, 7) is 1.56. The summed E-state index contributed by atoms with van der Waals surface area (Å²) < 4.78 is 10.3. The van der Waals surface area contributed by atoms with E-state index >= 15 is 0 Å². The maximum atomic E-state index is 12.2. The highest BCUT2D eigenvalue weighted by Gasteiger charge is 2.14. The third-order valence-corrected chi connectivity index (χ3v) is 4.82. The van der Waals surface area contributed by atoms with Crippen LogP contribution in [-0.2, 0) is 11.2 Å². The molecule has 0 radical (unpaired) electrons. The second-order valence-corrected chi connectivity index (χ2v) is 6.80. The zero-order valence-electron chi connectivity index (χ0n) is 15.1. The lowest BCUT2D eigenvalue weighted by atomic mass is 10.2. The number of methoxy groups -OCH3 is 2. The van der Waals surface area contributed by atoms with Crippen LogP contribution in [0.2, 0.25) is 5.02 Å². The van der Waals surface area contributed by atoms with Crippen LogP contribution in [0.3, 0.4) is 0 Å². The lowest BCUT2D eigenvalue weighted by Gasteiger charge is -2.13. The molecule has 0 aliphatic carbocycles. The van der Waals surface area contributed by atoms with E-state index in [0.29, 0.717) is 38.6 Å². The number of H-pyrrole nitrogens is 1. The number of carbonyl (C=O) groups is 1. The topological polar surface area (TPSA) is 114 Å². The SMILES string of the molecule is COc1cc(OC)c(NC(=O)CSc2nc(C)c(CCO)c(=O)[nH]2)cc1Cl. The summed E-state index contributed by atoms with van der Waals surface area (Å²) in [7, 11) is 2.95. The number of nitrogens with zero attached hydrogens (tertiary/aromatic N) is 1. The summed E-state index contributed by atoms with van der Waals surface area (Å²) in [6.07, 6.45) is 0.234. The molecule has 1 amide bonds. The standard InChI is InChI=1S/C17H20ClN3O5S/c1-9-10(4-5-22)16(24)21-17(19-9)27-8-15(23)20-12-6-11(18)13(25-2)7-14(12)26-3/h6-7,22H,4-5,8H2,1-3H3,(H,20,23)(H,19,21,24). The van der Waals surface area contributed by atoms with Crippen molar-refractivity contribution in [3.05, 3.63) is 38.8 Å². The number of halogens is 1. The number of carbonyl (C=O) groups excluding carboxylic acids is 1. The highest BCUT2D eigenvalue weighted by molar-refractivity contribution is 7.99. The number of aromatic nitrogens is 2. The molecule has 0 aliphatic rings. The molecule has 0 spiro atoms. The third-order valence-electron chi connectivity index (χ3n) is 3.65. The first-order valence-corrected chi connectivity index (χ1v) is 9.30. The number of benzene rings is 1. The lowest BCUT2D eigenvalue weighted by molar-refractivity contribution is -0.113. The number of amides is 1. The zero-order chi connectivity index (χ0) is 20.0. The number of aryl methyl sites for hydroxylation is 1. The van der Waals surface area contributed by atoms with Crippen molar-refractivity contribution in [1.29, 1.82) is 0 Å². The average Bonchev–Trinajstić information content (AvgIpc) is 2.63.